The number of aromatic hydroxyl groups is 1. The maximum atomic E-state index is 11.8. The van der Waals surface area contributed by atoms with Crippen molar-refractivity contribution in [3.05, 3.63) is 23.8 Å². The summed E-state index contributed by atoms with van der Waals surface area (Å²) in [4.78, 5) is 23.2. The number of carbonyl (C=O) groups is 2. The molecule has 0 aliphatic rings. The van der Waals surface area contributed by atoms with Gasteiger partial charge in [-0.15, -0.1) is 0 Å². The molecule has 0 aliphatic carbocycles. The lowest BCUT2D eigenvalue weighted by Gasteiger charge is -2.19. The zero-order valence-electron chi connectivity index (χ0n) is 13.5. The molecule has 1 rings (SSSR count). The van der Waals surface area contributed by atoms with E-state index in [1.165, 1.54) is 0 Å². The van der Waals surface area contributed by atoms with Crippen LogP contribution in [0.4, 0.5) is 10.5 Å². The number of amides is 2. The van der Waals surface area contributed by atoms with Crippen molar-refractivity contribution in [2.24, 2.45) is 0 Å². The molecule has 0 fully saturated rings. The third-order valence-electron chi connectivity index (χ3n) is 2.68. The van der Waals surface area contributed by atoms with Gasteiger partial charge in [-0.2, -0.15) is 0 Å². The van der Waals surface area contributed by atoms with Crippen molar-refractivity contribution >= 4 is 17.7 Å². The Labute approximate surface area is 130 Å². The Hall–Kier alpha value is -2.24. The van der Waals surface area contributed by atoms with E-state index >= 15 is 0 Å². The Bertz CT molecular complexity index is 535. The average Bonchev–Trinajstić information content (AvgIpc) is 2.36. The highest BCUT2D eigenvalue weighted by Gasteiger charge is 2.15. The monoisotopic (exact) mass is 308 g/mol. The third kappa shape index (κ3) is 6.97. The summed E-state index contributed by atoms with van der Waals surface area (Å²) < 4.78 is 5.08. The van der Waals surface area contributed by atoms with Gasteiger partial charge in [0.1, 0.15) is 11.4 Å². The lowest BCUT2D eigenvalue weighted by atomic mass is 10.2. The smallest absolute Gasteiger partial charge is 0.407 e. The minimum Gasteiger partial charge on any atom is -0.506 e. The maximum Gasteiger partial charge on any atom is 0.407 e. The van der Waals surface area contributed by atoms with E-state index in [0.717, 1.165) is 5.56 Å². The van der Waals surface area contributed by atoms with Crippen LogP contribution in [0.1, 0.15) is 39.2 Å². The molecule has 0 unspecified atom stereocenters. The summed E-state index contributed by atoms with van der Waals surface area (Å²) in [5, 5.41) is 14.9. The van der Waals surface area contributed by atoms with Gasteiger partial charge in [-0.1, -0.05) is 6.07 Å². The molecule has 0 saturated carbocycles. The van der Waals surface area contributed by atoms with E-state index in [0.29, 0.717) is 18.7 Å². The van der Waals surface area contributed by atoms with Gasteiger partial charge in [0.05, 0.1) is 5.69 Å². The van der Waals surface area contributed by atoms with Crippen molar-refractivity contribution in [2.75, 3.05) is 11.9 Å². The highest BCUT2D eigenvalue weighted by atomic mass is 16.6. The number of hydrogen-bond acceptors (Lipinski definition) is 4. The van der Waals surface area contributed by atoms with Gasteiger partial charge in [0.15, 0.2) is 0 Å². The fraction of sp³-hybridized carbons (Fsp3) is 0.500. The number of rotatable bonds is 5. The van der Waals surface area contributed by atoms with Crippen LogP contribution in [0.15, 0.2) is 18.2 Å². The summed E-state index contributed by atoms with van der Waals surface area (Å²) in [6, 6.07) is 5.04. The van der Waals surface area contributed by atoms with Crippen LogP contribution in [0, 0.1) is 6.92 Å². The molecule has 0 radical (unpaired) electrons. The molecule has 0 aliphatic heterocycles. The molecule has 0 aromatic heterocycles. The highest BCUT2D eigenvalue weighted by Crippen LogP contribution is 2.23. The minimum atomic E-state index is -0.537. The Morgan fingerprint density at radius 1 is 1.27 bits per heavy atom. The number of aryl methyl sites for hydroxylation is 1. The number of phenols is 1. The number of carbonyl (C=O) groups excluding carboxylic acids is 2. The second-order valence-electron chi connectivity index (χ2n) is 6.10. The van der Waals surface area contributed by atoms with E-state index in [9.17, 15) is 14.7 Å². The van der Waals surface area contributed by atoms with E-state index in [2.05, 4.69) is 10.6 Å². The molecule has 2 amide bonds. The topological polar surface area (TPSA) is 87.7 Å². The van der Waals surface area contributed by atoms with E-state index < -0.39 is 11.7 Å². The Morgan fingerprint density at radius 2 is 1.95 bits per heavy atom. The number of benzene rings is 1. The van der Waals surface area contributed by atoms with Crippen LogP contribution in [-0.4, -0.2) is 29.3 Å². The summed E-state index contributed by atoms with van der Waals surface area (Å²) in [6.45, 7) is 7.56. The first-order chi connectivity index (χ1) is 10.2. The predicted octanol–water partition coefficient (Wildman–Crippen LogP) is 2.94. The largest absolute Gasteiger partial charge is 0.506 e. The maximum absolute atomic E-state index is 11.8. The van der Waals surface area contributed by atoms with Crippen LogP contribution in [0.3, 0.4) is 0 Å². The van der Waals surface area contributed by atoms with Crippen LogP contribution >= 0.6 is 0 Å². The lowest BCUT2D eigenvalue weighted by Crippen LogP contribution is -2.33. The molecule has 6 nitrogen and oxygen atoms in total. The van der Waals surface area contributed by atoms with Crippen LogP contribution in [0.25, 0.3) is 0 Å². The van der Waals surface area contributed by atoms with E-state index in [4.69, 9.17) is 4.74 Å². The molecule has 0 bridgehead atoms. The molecule has 0 atom stereocenters. The first-order valence-electron chi connectivity index (χ1n) is 7.24. The summed E-state index contributed by atoms with van der Waals surface area (Å²) in [7, 11) is 0. The highest BCUT2D eigenvalue weighted by molar-refractivity contribution is 5.92. The molecule has 122 valence electrons. The second-order valence-corrected chi connectivity index (χ2v) is 6.10. The van der Waals surface area contributed by atoms with Gasteiger partial charge in [0.25, 0.3) is 0 Å². The fourth-order valence-electron chi connectivity index (χ4n) is 1.71. The number of anilines is 1. The Morgan fingerprint density at radius 3 is 2.55 bits per heavy atom. The number of phenolic OH excluding ortho intramolecular Hbond substituents is 1. The Kier molecular flexibility index (Phi) is 6.22. The Balaban J connectivity index is 2.28. The van der Waals surface area contributed by atoms with Crippen molar-refractivity contribution in [3.8, 4) is 5.75 Å². The molecule has 3 N–H and O–H groups in total. The number of ether oxygens (including phenoxy) is 1. The van der Waals surface area contributed by atoms with Crippen molar-refractivity contribution in [1.82, 2.24) is 5.32 Å². The fourth-order valence-corrected chi connectivity index (χ4v) is 1.71. The molecular weight excluding hydrogens is 284 g/mol. The lowest BCUT2D eigenvalue weighted by molar-refractivity contribution is -0.116. The number of nitrogens with one attached hydrogen (secondary N) is 2. The van der Waals surface area contributed by atoms with Crippen LogP contribution in [0.2, 0.25) is 0 Å². The molecule has 0 heterocycles. The quantitative estimate of drug-likeness (QED) is 0.576. The summed E-state index contributed by atoms with van der Waals surface area (Å²) >= 11 is 0. The standard InChI is InChI=1S/C16H24N2O4/c1-11-7-8-12(13(19)10-11)18-14(20)6-5-9-17-15(21)22-16(2,3)4/h7-8,10,19H,5-6,9H2,1-4H3,(H,17,21)(H,18,20). The van der Waals surface area contributed by atoms with Crippen LogP contribution < -0.4 is 10.6 Å². The van der Waals surface area contributed by atoms with Gasteiger partial charge < -0.3 is 20.5 Å². The zero-order chi connectivity index (χ0) is 16.8. The molecule has 0 spiro atoms. The predicted molar refractivity (Wildman–Crippen MR) is 84.9 cm³/mol. The average molecular weight is 308 g/mol. The van der Waals surface area contributed by atoms with Crippen LogP contribution in [0.5, 0.6) is 5.75 Å². The number of hydrogen-bond donors (Lipinski definition) is 3. The first-order valence-corrected chi connectivity index (χ1v) is 7.24. The third-order valence-corrected chi connectivity index (χ3v) is 2.68. The van der Waals surface area contributed by atoms with Gasteiger partial charge in [0.2, 0.25) is 5.91 Å². The van der Waals surface area contributed by atoms with E-state index in [1.54, 1.807) is 39.0 Å². The van der Waals surface area contributed by atoms with Crippen LogP contribution in [-0.2, 0) is 9.53 Å². The summed E-state index contributed by atoms with van der Waals surface area (Å²) in [5.74, 6) is -0.176. The minimum absolute atomic E-state index is 0.0419. The van der Waals surface area contributed by atoms with Gasteiger partial charge in [-0.25, -0.2) is 4.79 Å². The molecular formula is C16H24N2O4. The molecule has 0 saturated heterocycles. The van der Waals surface area contributed by atoms with E-state index in [-0.39, 0.29) is 18.1 Å². The molecule has 1 aromatic carbocycles. The van der Waals surface area contributed by atoms with E-state index in [1.807, 2.05) is 6.92 Å². The second kappa shape index (κ2) is 7.68. The molecule has 22 heavy (non-hydrogen) atoms. The number of alkyl carbamates (subject to hydrolysis) is 1. The zero-order valence-corrected chi connectivity index (χ0v) is 13.5. The SMILES string of the molecule is Cc1ccc(NC(=O)CCCNC(=O)OC(C)(C)C)c(O)c1. The normalized spacial score (nSPS) is 10.9. The van der Waals surface area contributed by atoms with Gasteiger partial charge in [-0.3, -0.25) is 4.79 Å². The van der Waals surface area contributed by atoms with Gasteiger partial charge >= 0.3 is 6.09 Å². The summed E-state index contributed by atoms with van der Waals surface area (Å²) in [6.07, 6.45) is 0.227. The van der Waals surface area contributed by atoms with Crippen molar-refractivity contribution < 1.29 is 19.4 Å². The van der Waals surface area contributed by atoms with Crippen molar-refractivity contribution in [1.29, 1.82) is 0 Å². The van der Waals surface area contributed by atoms with Gasteiger partial charge in [-0.05, 0) is 51.8 Å². The summed E-state index contributed by atoms with van der Waals surface area (Å²) in [5.41, 5.74) is 0.762. The first kappa shape index (κ1) is 17.8. The molecule has 1 aromatic rings. The van der Waals surface area contributed by atoms with Crippen molar-refractivity contribution in [3.63, 3.8) is 0 Å². The van der Waals surface area contributed by atoms with Crippen molar-refractivity contribution in [2.45, 2.75) is 46.1 Å². The molecule has 6 heteroatoms. The van der Waals surface area contributed by atoms with Gasteiger partial charge in [0, 0.05) is 13.0 Å².